The molecule has 0 saturated heterocycles. The number of hydrogen-bond acceptors (Lipinski definition) is 3. The Morgan fingerprint density at radius 2 is 2.05 bits per heavy atom. The largest absolute Gasteiger partial charge is 0.351 e. The lowest BCUT2D eigenvalue weighted by Gasteiger charge is -2.14. The molecule has 3 aromatic rings. The number of nitrogens with zero attached hydrogens (tertiary/aromatic N) is 1. The maximum Gasteiger partial charge on any atom is 0.273 e. The van der Waals surface area contributed by atoms with Crippen molar-refractivity contribution in [3.63, 3.8) is 0 Å². The number of carbonyl (C=O) groups excluding carboxylic acids is 1. The lowest BCUT2D eigenvalue weighted by atomic mass is 9.93. The Balaban J connectivity index is 1.81. The zero-order chi connectivity index (χ0) is 15.0. The summed E-state index contributed by atoms with van der Waals surface area (Å²) in [5.41, 5.74) is 2.47. The Morgan fingerprint density at radius 1 is 1.29 bits per heavy atom. The molecule has 0 radical (unpaired) electrons. The van der Waals surface area contributed by atoms with Crippen LogP contribution in [0, 0.1) is 0 Å². The average Bonchev–Trinajstić information content (AvgIpc) is 3.03. The Bertz CT molecular complexity index is 762. The van der Waals surface area contributed by atoms with Crippen molar-refractivity contribution < 1.29 is 4.79 Å². The summed E-state index contributed by atoms with van der Waals surface area (Å²) >= 11 is 1.45. The fourth-order valence-electron chi connectivity index (χ4n) is 2.04. The molecule has 0 aliphatic heterocycles. The molecule has 21 heavy (non-hydrogen) atoms. The Kier molecular flexibility index (Phi) is 3.29. The second kappa shape index (κ2) is 5.00. The van der Waals surface area contributed by atoms with Crippen molar-refractivity contribution in [3.8, 4) is 0 Å². The van der Waals surface area contributed by atoms with Crippen molar-refractivity contribution in [2.45, 2.75) is 26.2 Å². The first-order chi connectivity index (χ1) is 9.93. The van der Waals surface area contributed by atoms with Gasteiger partial charge in [0.05, 0.1) is 5.69 Å². The lowest BCUT2D eigenvalue weighted by Crippen LogP contribution is -2.14. The van der Waals surface area contributed by atoms with Crippen LogP contribution in [-0.2, 0) is 5.41 Å². The summed E-state index contributed by atoms with van der Waals surface area (Å²) < 4.78 is 0. The number of fused-ring (bicyclic) bond motifs is 1. The Labute approximate surface area is 127 Å². The summed E-state index contributed by atoms with van der Waals surface area (Å²) in [5.74, 6) is -0.166. The average molecular weight is 299 g/mol. The number of carbonyl (C=O) groups is 1. The number of nitrogens with one attached hydrogen (secondary N) is 2. The molecule has 5 heteroatoms. The number of rotatable bonds is 2. The second-order valence-electron chi connectivity index (χ2n) is 6.01. The van der Waals surface area contributed by atoms with Crippen molar-refractivity contribution >= 4 is 33.3 Å². The van der Waals surface area contributed by atoms with Crippen LogP contribution in [0.1, 0.15) is 37.0 Å². The van der Waals surface area contributed by atoms with Crippen molar-refractivity contribution in [1.29, 1.82) is 0 Å². The van der Waals surface area contributed by atoms with Gasteiger partial charge in [-0.15, -0.1) is 11.3 Å². The standard InChI is InChI=1S/C16H17N3OS/c1-16(2,3)13-9-21-15(18-13)19-14(20)12-8-10-6-4-5-7-11(10)17-12/h4-9,17H,1-3H3,(H,18,19,20). The van der Waals surface area contributed by atoms with E-state index in [1.165, 1.54) is 11.3 Å². The van der Waals surface area contributed by atoms with Gasteiger partial charge < -0.3 is 4.98 Å². The molecule has 2 N–H and O–H groups in total. The fourth-order valence-corrected chi connectivity index (χ4v) is 2.97. The highest BCUT2D eigenvalue weighted by molar-refractivity contribution is 7.14. The van der Waals surface area contributed by atoms with E-state index >= 15 is 0 Å². The van der Waals surface area contributed by atoms with Gasteiger partial charge in [-0.05, 0) is 12.1 Å². The van der Waals surface area contributed by atoms with Gasteiger partial charge in [-0.3, -0.25) is 10.1 Å². The number of para-hydroxylation sites is 1. The van der Waals surface area contributed by atoms with Crippen LogP contribution in [-0.4, -0.2) is 15.9 Å². The first kappa shape index (κ1) is 13.8. The molecule has 0 fully saturated rings. The topological polar surface area (TPSA) is 57.8 Å². The summed E-state index contributed by atoms with van der Waals surface area (Å²) in [4.78, 5) is 19.9. The number of aromatic amines is 1. The molecule has 0 aliphatic rings. The second-order valence-corrected chi connectivity index (χ2v) is 6.87. The molecule has 0 saturated carbocycles. The number of aromatic nitrogens is 2. The molecule has 0 unspecified atom stereocenters. The first-order valence-electron chi connectivity index (χ1n) is 6.78. The van der Waals surface area contributed by atoms with Crippen LogP contribution in [0.15, 0.2) is 35.7 Å². The van der Waals surface area contributed by atoms with Gasteiger partial charge in [-0.1, -0.05) is 39.0 Å². The van der Waals surface area contributed by atoms with Gasteiger partial charge in [0.15, 0.2) is 5.13 Å². The smallest absolute Gasteiger partial charge is 0.273 e. The molecule has 0 atom stereocenters. The normalized spacial score (nSPS) is 11.8. The number of anilines is 1. The molecule has 2 heterocycles. The van der Waals surface area contributed by atoms with E-state index in [1.54, 1.807) is 0 Å². The Hall–Kier alpha value is -2.14. The maximum atomic E-state index is 12.3. The van der Waals surface area contributed by atoms with Crippen molar-refractivity contribution in [2.75, 3.05) is 5.32 Å². The van der Waals surface area contributed by atoms with Crippen LogP contribution in [0.25, 0.3) is 10.9 Å². The summed E-state index contributed by atoms with van der Waals surface area (Å²) in [5, 5.41) is 6.49. The zero-order valence-electron chi connectivity index (χ0n) is 12.2. The minimum atomic E-state index is -0.166. The molecule has 1 aromatic carbocycles. The van der Waals surface area contributed by atoms with Crippen molar-refractivity contribution in [1.82, 2.24) is 9.97 Å². The highest BCUT2D eigenvalue weighted by Crippen LogP contribution is 2.26. The highest BCUT2D eigenvalue weighted by Gasteiger charge is 2.18. The van der Waals surface area contributed by atoms with Crippen molar-refractivity contribution in [2.24, 2.45) is 0 Å². The number of amides is 1. The van der Waals surface area contributed by atoms with E-state index in [4.69, 9.17) is 0 Å². The van der Waals surface area contributed by atoms with E-state index < -0.39 is 0 Å². The van der Waals surface area contributed by atoms with Crippen LogP contribution in [0.3, 0.4) is 0 Å². The zero-order valence-corrected chi connectivity index (χ0v) is 13.0. The van der Waals surface area contributed by atoms with E-state index in [-0.39, 0.29) is 11.3 Å². The third-order valence-electron chi connectivity index (χ3n) is 3.27. The van der Waals surface area contributed by atoms with E-state index in [9.17, 15) is 4.79 Å². The van der Waals surface area contributed by atoms with Crippen LogP contribution in [0.2, 0.25) is 0 Å². The van der Waals surface area contributed by atoms with Gasteiger partial charge >= 0.3 is 0 Å². The van der Waals surface area contributed by atoms with Gasteiger partial charge in [0.25, 0.3) is 5.91 Å². The van der Waals surface area contributed by atoms with E-state index in [0.29, 0.717) is 10.8 Å². The van der Waals surface area contributed by atoms with Crippen LogP contribution >= 0.6 is 11.3 Å². The molecule has 108 valence electrons. The highest BCUT2D eigenvalue weighted by atomic mass is 32.1. The predicted molar refractivity (Wildman–Crippen MR) is 87.1 cm³/mol. The van der Waals surface area contributed by atoms with Gasteiger partial charge in [0, 0.05) is 21.7 Å². The summed E-state index contributed by atoms with van der Waals surface area (Å²) in [6.45, 7) is 6.31. The first-order valence-corrected chi connectivity index (χ1v) is 7.66. The number of benzene rings is 1. The van der Waals surface area contributed by atoms with Crippen LogP contribution < -0.4 is 5.32 Å². The maximum absolute atomic E-state index is 12.3. The van der Waals surface area contributed by atoms with Gasteiger partial charge in [-0.2, -0.15) is 0 Å². The van der Waals surface area contributed by atoms with E-state index in [0.717, 1.165) is 16.6 Å². The van der Waals surface area contributed by atoms with E-state index in [2.05, 4.69) is 36.1 Å². The SMILES string of the molecule is CC(C)(C)c1csc(NC(=O)c2cc3ccccc3[nH]2)n1. The minimum absolute atomic E-state index is 0.0133. The van der Waals surface area contributed by atoms with Gasteiger partial charge in [0.1, 0.15) is 5.69 Å². The Morgan fingerprint density at radius 3 is 2.71 bits per heavy atom. The minimum Gasteiger partial charge on any atom is -0.351 e. The van der Waals surface area contributed by atoms with Gasteiger partial charge in [0.2, 0.25) is 0 Å². The molecule has 3 rings (SSSR count). The summed E-state index contributed by atoms with van der Waals surface area (Å²) in [6.07, 6.45) is 0. The molecular formula is C16H17N3OS. The van der Waals surface area contributed by atoms with Crippen LogP contribution in [0.5, 0.6) is 0 Å². The molecular weight excluding hydrogens is 282 g/mol. The molecule has 0 bridgehead atoms. The number of H-pyrrole nitrogens is 1. The quantitative estimate of drug-likeness (QED) is 0.746. The third-order valence-corrected chi connectivity index (χ3v) is 4.03. The summed E-state index contributed by atoms with van der Waals surface area (Å²) in [7, 11) is 0. The number of thiazole rings is 1. The molecule has 4 nitrogen and oxygen atoms in total. The molecule has 1 amide bonds. The lowest BCUT2D eigenvalue weighted by molar-refractivity contribution is 0.102. The third kappa shape index (κ3) is 2.83. The number of hydrogen-bond donors (Lipinski definition) is 2. The van der Waals surface area contributed by atoms with Crippen LogP contribution in [0.4, 0.5) is 5.13 Å². The molecule has 0 spiro atoms. The fraction of sp³-hybridized carbons (Fsp3) is 0.250. The monoisotopic (exact) mass is 299 g/mol. The van der Waals surface area contributed by atoms with Crippen molar-refractivity contribution in [3.05, 3.63) is 47.1 Å². The van der Waals surface area contributed by atoms with Gasteiger partial charge in [-0.25, -0.2) is 4.98 Å². The summed E-state index contributed by atoms with van der Waals surface area (Å²) in [6, 6.07) is 9.67. The predicted octanol–water partition coefficient (Wildman–Crippen LogP) is 4.17. The molecule has 0 aliphatic carbocycles. The van der Waals surface area contributed by atoms with E-state index in [1.807, 2.05) is 35.7 Å². The molecule has 2 aromatic heterocycles.